The molecule has 16 heavy (non-hydrogen) atoms. The fourth-order valence-corrected chi connectivity index (χ4v) is 1.49. The first kappa shape index (κ1) is 13.1. The van der Waals surface area contributed by atoms with Crippen molar-refractivity contribution >= 4 is 0 Å². The van der Waals surface area contributed by atoms with Crippen LogP contribution in [0.25, 0.3) is 0 Å². The number of rotatable bonds is 5. The normalized spacial score (nSPS) is 13.8. The lowest BCUT2D eigenvalue weighted by Crippen LogP contribution is -2.28. The molecule has 0 unspecified atom stereocenters. The number of hydrogen-bond donors (Lipinski definition) is 2. The first-order valence-electron chi connectivity index (χ1n) is 5.60. The number of halogens is 1. The van der Waals surface area contributed by atoms with Gasteiger partial charge in [0.05, 0.1) is 5.60 Å². The molecule has 0 saturated carbocycles. The molecule has 1 atom stereocenters. The summed E-state index contributed by atoms with van der Waals surface area (Å²) in [6, 6.07) is 6.66. The molecule has 0 aliphatic heterocycles. The maximum absolute atomic E-state index is 13.0. The molecule has 2 N–H and O–H groups in total. The highest BCUT2D eigenvalue weighted by Gasteiger charge is 2.12. The lowest BCUT2D eigenvalue weighted by atomic mass is 10.0. The van der Waals surface area contributed by atoms with Gasteiger partial charge in [-0.2, -0.15) is 0 Å². The second-order valence-electron chi connectivity index (χ2n) is 4.79. The van der Waals surface area contributed by atoms with Gasteiger partial charge in [0, 0.05) is 6.04 Å². The molecule has 1 rings (SSSR count). The molecule has 1 aromatic rings. The van der Waals surface area contributed by atoms with E-state index in [0.717, 1.165) is 5.56 Å². The molecular weight excluding hydrogens is 205 g/mol. The minimum absolute atomic E-state index is 0.0954. The molecule has 1 aromatic carbocycles. The highest BCUT2D eigenvalue weighted by Crippen LogP contribution is 2.14. The molecule has 0 bridgehead atoms. The Balaban J connectivity index is 2.44. The van der Waals surface area contributed by atoms with Crippen LogP contribution in [0.5, 0.6) is 0 Å². The summed E-state index contributed by atoms with van der Waals surface area (Å²) in [6.07, 6.45) is 0.673. The van der Waals surface area contributed by atoms with Gasteiger partial charge in [-0.1, -0.05) is 12.1 Å². The van der Waals surface area contributed by atoms with Crippen LogP contribution in [0.2, 0.25) is 0 Å². The van der Waals surface area contributed by atoms with Gasteiger partial charge in [0.1, 0.15) is 5.82 Å². The van der Waals surface area contributed by atoms with Crippen LogP contribution in [0.4, 0.5) is 4.39 Å². The lowest BCUT2D eigenvalue weighted by Gasteiger charge is -2.20. The number of hydrogen-bond acceptors (Lipinski definition) is 2. The third kappa shape index (κ3) is 4.73. The van der Waals surface area contributed by atoms with Crippen LogP contribution in [0.15, 0.2) is 24.3 Å². The van der Waals surface area contributed by atoms with Gasteiger partial charge in [0.15, 0.2) is 0 Å². The van der Waals surface area contributed by atoms with Crippen LogP contribution in [0.3, 0.4) is 0 Å². The van der Waals surface area contributed by atoms with Crippen molar-refractivity contribution in [3.8, 4) is 0 Å². The van der Waals surface area contributed by atoms with Crippen molar-refractivity contribution in [3.63, 3.8) is 0 Å². The van der Waals surface area contributed by atoms with Crippen molar-refractivity contribution in [1.29, 1.82) is 0 Å². The molecule has 0 saturated heterocycles. The van der Waals surface area contributed by atoms with Crippen molar-refractivity contribution < 1.29 is 9.50 Å². The van der Waals surface area contributed by atoms with Crippen molar-refractivity contribution in [2.75, 3.05) is 6.54 Å². The molecule has 0 heterocycles. The van der Waals surface area contributed by atoms with Gasteiger partial charge in [-0.15, -0.1) is 0 Å². The number of aliphatic hydroxyl groups is 1. The number of nitrogens with one attached hydrogen (secondary N) is 1. The Bertz CT molecular complexity index is 333. The molecule has 0 aliphatic rings. The predicted molar refractivity (Wildman–Crippen MR) is 63.7 cm³/mol. The lowest BCUT2D eigenvalue weighted by molar-refractivity contribution is 0.0705. The van der Waals surface area contributed by atoms with E-state index in [2.05, 4.69) is 5.32 Å². The summed E-state index contributed by atoms with van der Waals surface area (Å²) in [6.45, 7) is 6.25. The van der Waals surface area contributed by atoms with Gasteiger partial charge in [-0.25, -0.2) is 4.39 Å². The van der Waals surface area contributed by atoms with E-state index in [1.807, 2.05) is 13.0 Å². The molecule has 0 aromatic heterocycles. The summed E-state index contributed by atoms with van der Waals surface area (Å²) >= 11 is 0. The van der Waals surface area contributed by atoms with Crippen LogP contribution in [-0.2, 0) is 0 Å². The van der Waals surface area contributed by atoms with E-state index >= 15 is 0 Å². The Morgan fingerprint density at radius 1 is 1.44 bits per heavy atom. The minimum Gasteiger partial charge on any atom is -0.390 e. The van der Waals surface area contributed by atoms with Crippen LogP contribution in [0.1, 0.15) is 38.8 Å². The summed E-state index contributed by atoms with van der Waals surface area (Å²) in [4.78, 5) is 0. The third-order valence-electron chi connectivity index (χ3n) is 2.54. The molecule has 2 nitrogen and oxygen atoms in total. The summed E-state index contributed by atoms with van der Waals surface area (Å²) < 4.78 is 13.0. The first-order valence-corrected chi connectivity index (χ1v) is 5.60. The Morgan fingerprint density at radius 2 is 2.12 bits per heavy atom. The Kier molecular flexibility index (Phi) is 4.44. The Morgan fingerprint density at radius 3 is 2.69 bits per heavy atom. The number of benzene rings is 1. The Labute approximate surface area is 96.5 Å². The maximum atomic E-state index is 13.0. The highest BCUT2D eigenvalue weighted by atomic mass is 19.1. The zero-order valence-corrected chi connectivity index (χ0v) is 10.1. The van der Waals surface area contributed by atoms with Gasteiger partial charge in [0.2, 0.25) is 0 Å². The predicted octanol–water partition coefficient (Wildman–Crippen LogP) is 2.64. The molecule has 0 amide bonds. The van der Waals surface area contributed by atoms with E-state index in [1.54, 1.807) is 19.9 Å². The third-order valence-corrected chi connectivity index (χ3v) is 2.54. The second kappa shape index (κ2) is 5.41. The largest absolute Gasteiger partial charge is 0.390 e. The van der Waals surface area contributed by atoms with Gasteiger partial charge >= 0.3 is 0 Å². The smallest absolute Gasteiger partial charge is 0.123 e. The molecule has 0 aliphatic carbocycles. The van der Waals surface area contributed by atoms with E-state index in [1.165, 1.54) is 12.1 Å². The zero-order valence-electron chi connectivity index (χ0n) is 10.1. The van der Waals surface area contributed by atoms with Crippen LogP contribution >= 0.6 is 0 Å². The maximum Gasteiger partial charge on any atom is 0.123 e. The Hall–Kier alpha value is -0.930. The molecule has 90 valence electrons. The fourth-order valence-electron chi connectivity index (χ4n) is 1.49. The standard InChI is InChI=1S/C13H20FNO/c1-10(15-8-7-13(2,3)16)11-5-4-6-12(14)9-11/h4-6,9-10,15-16H,7-8H2,1-3H3/t10-/m0/s1. The summed E-state index contributed by atoms with van der Waals surface area (Å²) in [5.74, 6) is -0.214. The summed E-state index contributed by atoms with van der Waals surface area (Å²) in [5, 5.41) is 12.8. The quantitative estimate of drug-likeness (QED) is 0.807. The van der Waals surface area contributed by atoms with Crippen LogP contribution in [-0.4, -0.2) is 17.3 Å². The topological polar surface area (TPSA) is 32.3 Å². The molecule has 0 spiro atoms. The second-order valence-corrected chi connectivity index (χ2v) is 4.79. The summed E-state index contributed by atoms with van der Waals surface area (Å²) in [5.41, 5.74) is 0.269. The van der Waals surface area contributed by atoms with Crippen molar-refractivity contribution in [1.82, 2.24) is 5.32 Å². The van der Waals surface area contributed by atoms with E-state index in [0.29, 0.717) is 13.0 Å². The van der Waals surface area contributed by atoms with Crippen LogP contribution < -0.4 is 5.32 Å². The van der Waals surface area contributed by atoms with Gasteiger partial charge in [0.25, 0.3) is 0 Å². The zero-order chi connectivity index (χ0) is 12.2. The molecule has 0 fully saturated rings. The first-order chi connectivity index (χ1) is 7.38. The monoisotopic (exact) mass is 225 g/mol. The van der Waals surface area contributed by atoms with Crippen molar-refractivity contribution in [2.24, 2.45) is 0 Å². The summed E-state index contributed by atoms with van der Waals surface area (Å²) in [7, 11) is 0. The van der Waals surface area contributed by atoms with E-state index in [4.69, 9.17) is 0 Å². The SMILES string of the molecule is C[C@H](NCCC(C)(C)O)c1cccc(F)c1. The van der Waals surface area contributed by atoms with E-state index < -0.39 is 5.60 Å². The van der Waals surface area contributed by atoms with Crippen LogP contribution in [0, 0.1) is 5.82 Å². The average molecular weight is 225 g/mol. The van der Waals surface area contributed by atoms with E-state index in [-0.39, 0.29) is 11.9 Å². The van der Waals surface area contributed by atoms with Crippen molar-refractivity contribution in [2.45, 2.75) is 38.8 Å². The van der Waals surface area contributed by atoms with E-state index in [9.17, 15) is 9.50 Å². The fraction of sp³-hybridized carbons (Fsp3) is 0.538. The highest BCUT2D eigenvalue weighted by molar-refractivity contribution is 5.19. The van der Waals surface area contributed by atoms with Gasteiger partial charge in [-0.05, 0) is 51.4 Å². The molecule has 3 heteroatoms. The average Bonchev–Trinajstić information content (AvgIpc) is 2.15. The van der Waals surface area contributed by atoms with Crippen molar-refractivity contribution in [3.05, 3.63) is 35.6 Å². The van der Waals surface area contributed by atoms with Gasteiger partial charge < -0.3 is 10.4 Å². The van der Waals surface area contributed by atoms with Gasteiger partial charge in [-0.3, -0.25) is 0 Å². The minimum atomic E-state index is -0.658. The molecular formula is C13H20FNO. The molecule has 0 radical (unpaired) electrons.